The average molecular weight is 320 g/mol. The van der Waals surface area contributed by atoms with Crippen LogP contribution in [-0.4, -0.2) is 34.3 Å². The molecule has 0 N–H and O–H groups in total. The van der Waals surface area contributed by atoms with Gasteiger partial charge in [0.25, 0.3) is 0 Å². The number of rotatable bonds is 6. The average Bonchev–Trinajstić information content (AvgIpc) is 2.37. The first-order valence-corrected chi connectivity index (χ1v) is 8.29. The van der Waals surface area contributed by atoms with Gasteiger partial charge in [-0.1, -0.05) is 17.7 Å². The fraction of sp³-hybridized carbons (Fsp3) is 0.462. The van der Waals surface area contributed by atoms with Crippen LogP contribution in [-0.2, 0) is 19.6 Å². The third-order valence-electron chi connectivity index (χ3n) is 2.88. The normalized spacial score (nSPS) is 11.2. The van der Waals surface area contributed by atoms with Crippen LogP contribution in [0.3, 0.4) is 0 Å². The van der Waals surface area contributed by atoms with Gasteiger partial charge in [0.2, 0.25) is 10.0 Å². The molecule has 1 aromatic rings. The summed E-state index contributed by atoms with van der Waals surface area (Å²) in [6.07, 6.45) is 1.68. The van der Waals surface area contributed by atoms with Crippen LogP contribution in [0.4, 0.5) is 5.69 Å². The maximum atomic E-state index is 11.9. The Morgan fingerprint density at radius 2 is 2.05 bits per heavy atom. The number of carbonyl (C=O) groups is 1. The van der Waals surface area contributed by atoms with Crippen LogP contribution in [0.15, 0.2) is 18.2 Å². The van der Waals surface area contributed by atoms with Crippen LogP contribution in [0.25, 0.3) is 0 Å². The Labute approximate surface area is 124 Å². The van der Waals surface area contributed by atoms with Crippen LogP contribution in [0, 0.1) is 6.92 Å². The fourth-order valence-electron chi connectivity index (χ4n) is 1.80. The first kappa shape index (κ1) is 16.8. The zero-order valence-corrected chi connectivity index (χ0v) is 13.3. The highest BCUT2D eigenvalue weighted by Crippen LogP contribution is 2.28. The number of nitrogens with zero attached hydrogens (tertiary/aromatic N) is 1. The predicted octanol–water partition coefficient (Wildman–Crippen LogP) is 2.37. The highest BCUT2D eigenvalue weighted by molar-refractivity contribution is 7.92. The summed E-state index contributed by atoms with van der Waals surface area (Å²) >= 11 is 6.02. The minimum absolute atomic E-state index is 0.169. The zero-order valence-electron chi connectivity index (χ0n) is 11.7. The maximum absolute atomic E-state index is 11.9. The SMILES string of the molecule is COC(=O)CCCN(c1cccc(Cl)c1C)S(C)(=O)=O. The van der Waals surface area contributed by atoms with Crippen molar-refractivity contribution in [2.24, 2.45) is 0 Å². The van der Waals surface area contributed by atoms with Crippen LogP contribution < -0.4 is 4.31 Å². The summed E-state index contributed by atoms with van der Waals surface area (Å²) in [5.74, 6) is -0.360. The van der Waals surface area contributed by atoms with Crippen molar-refractivity contribution in [1.29, 1.82) is 0 Å². The summed E-state index contributed by atoms with van der Waals surface area (Å²) in [6, 6.07) is 5.10. The second-order valence-electron chi connectivity index (χ2n) is 4.40. The van der Waals surface area contributed by atoms with E-state index in [1.54, 1.807) is 25.1 Å². The molecule has 0 radical (unpaired) electrons. The lowest BCUT2D eigenvalue weighted by Gasteiger charge is -2.24. The molecule has 112 valence electrons. The second-order valence-corrected chi connectivity index (χ2v) is 6.71. The third kappa shape index (κ3) is 4.38. The van der Waals surface area contributed by atoms with Crippen LogP contribution in [0.1, 0.15) is 18.4 Å². The Hall–Kier alpha value is -1.27. The van der Waals surface area contributed by atoms with Gasteiger partial charge >= 0.3 is 5.97 Å². The van der Waals surface area contributed by atoms with Crippen molar-refractivity contribution in [1.82, 2.24) is 0 Å². The van der Waals surface area contributed by atoms with Gasteiger partial charge in [0.15, 0.2) is 0 Å². The van der Waals surface area contributed by atoms with E-state index in [9.17, 15) is 13.2 Å². The Morgan fingerprint density at radius 1 is 1.40 bits per heavy atom. The van der Waals surface area contributed by atoms with Gasteiger partial charge in [0.1, 0.15) is 0 Å². The first-order chi connectivity index (χ1) is 9.27. The topological polar surface area (TPSA) is 63.7 Å². The minimum Gasteiger partial charge on any atom is -0.469 e. The predicted molar refractivity (Wildman–Crippen MR) is 79.6 cm³/mol. The quantitative estimate of drug-likeness (QED) is 0.755. The van der Waals surface area contributed by atoms with Crippen molar-refractivity contribution >= 4 is 33.3 Å². The summed E-state index contributed by atoms with van der Waals surface area (Å²) < 4.78 is 29.6. The van der Waals surface area contributed by atoms with Crippen LogP contribution in [0.2, 0.25) is 5.02 Å². The van der Waals surface area contributed by atoms with E-state index in [1.807, 2.05) is 0 Å². The summed E-state index contributed by atoms with van der Waals surface area (Å²) in [7, 11) is -2.14. The van der Waals surface area contributed by atoms with Gasteiger partial charge in [-0.2, -0.15) is 0 Å². The number of methoxy groups -OCH3 is 1. The molecule has 0 amide bonds. The molecule has 20 heavy (non-hydrogen) atoms. The standard InChI is InChI=1S/C13H18ClNO4S/c1-10-11(14)6-4-7-12(10)15(20(3,17)18)9-5-8-13(16)19-2/h4,6-7H,5,8-9H2,1-3H3. The van der Waals surface area contributed by atoms with Gasteiger partial charge in [0.05, 0.1) is 19.1 Å². The number of halogens is 1. The number of benzene rings is 1. The molecular weight excluding hydrogens is 302 g/mol. The lowest BCUT2D eigenvalue weighted by atomic mass is 10.2. The summed E-state index contributed by atoms with van der Waals surface area (Å²) in [5.41, 5.74) is 1.22. The Kier molecular flexibility index (Phi) is 5.83. The molecule has 0 bridgehead atoms. The molecule has 0 unspecified atom stereocenters. The monoisotopic (exact) mass is 319 g/mol. The molecule has 5 nitrogen and oxygen atoms in total. The Balaban J connectivity index is 2.97. The van der Waals surface area contributed by atoms with Gasteiger partial charge in [-0.05, 0) is 31.0 Å². The first-order valence-electron chi connectivity index (χ1n) is 6.07. The minimum atomic E-state index is -3.44. The number of hydrogen-bond acceptors (Lipinski definition) is 4. The summed E-state index contributed by atoms with van der Waals surface area (Å²) in [4.78, 5) is 11.1. The van der Waals surface area contributed by atoms with E-state index < -0.39 is 10.0 Å². The molecular formula is C13H18ClNO4S. The van der Waals surface area contributed by atoms with E-state index in [0.29, 0.717) is 22.7 Å². The lowest BCUT2D eigenvalue weighted by molar-refractivity contribution is -0.140. The molecule has 7 heteroatoms. The lowest BCUT2D eigenvalue weighted by Crippen LogP contribution is -2.31. The van der Waals surface area contributed by atoms with E-state index >= 15 is 0 Å². The van der Waals surface area contributed by atoms with Gasteiger partial charge in [-0.25, -0.2) is 8.42 Å². The second kappa shape index (κ2) is 6.95. The molecule has 0 aliphatic heterocycles. The largest absolute Gasteiger partial charge is 0.469 e. The van der Waals surface area contributed by atoms with Crippen molar-refractivity contribution < 1.29 is 17.9 Å². The van der Waals surface area contributed by atoms with Crippen LogP contribution in [0.5, 0.6) is 0 Å². The number of anilines is 1. The molecule has 0 atom stereocenters. The molecule has 0 aliphatic rings. The fourth-order valence-corrected chi connectivity index (χ4v) is 2.99. The number of esters is 1. The molecule has 1 aromatic carbocycles. The summed E-state index contributed by atoms with van der Waals surface area (Å²) in [5, 5.41) is 0.504. The number of sulfonamides is 1. The zero-order chi connectivity index (χ0) is 15.3. The molecule has 0 heterocycles. The highest BCUT2D eigenvalue weighted by atomic mass is 35.5. The Morgan fingerprint density at radius 3 is 2.60 bits per heavy atom. The van der Waals surface area contributed by atoms with Gasteiger partial charge in [-0.3, -0.25) is 9.10 Å². The molecule has 1 rings (SSSR count). The molecule has 0 aliphatic carbocycles. The van der Waals surface area contributed by atoms with Crippen molar-refractivity contribution in [2.45, 2.75) is 19.8 Å². The molecule has 0 saturated carbocycles. The van der Waals surface area contributed by atoms with Crippen molar-refractivity contribution in [3.05, 3.63) is 28.8 Å². The van der Waals surface area contributed by atoms with Crippen molar-refractivity contribution in [2.75, 3.05) is 24.2 Å². The number of ether oxygens (including phenoxy) is 1. The third-order valence-corrected chi connectivity index (χ3v) is 4.47. The molecule has 0 spiro atoms. The molecule has 0 fully saturated rings. The molecule has 0 aromatic heterocycles. The van der Waals surface area contributed by atoms with E-state index in [-0.39, 0.29) is 18.9 Å². The van der Waals surface area contributed by atoms with Crippen molar-refractivity contribution in [3.63, 3.8) is 0 Å². The van der Waals surface area contributed by atoms with E-state index in [0.717, 1.165) is 6.26 Å². The van der Waals surface area contributed by atoms with Crippen molar-refractivity contribution in [3.8, 4) is 0 Å². The van der Waals surface area contributed by atoms with E-state index in [1.165, 1.54) is 11.4 Å². The number of carbonyl (C=O) groups excluding carboxylic acids is 1. The Bertz CT molecular complexity index is 586. The van der Waals surface area contributed by atoms with E-state index in [2.05, 4.69) is 4.74 Å². The van der Waals surface area contributed by atoms with E-state index in [4.69, 9.17) is 11.6 Å². The van der Waals surface area contributed by atoms with Crippen LogP contribution >= 0.6 is 11.6 Å². The summed E-state index contributed by atoms with van der Waals surface area (Å²) in [6.45, 7) is 1.96. The van der Waals surface area contributed by atoms with Gasteiger partial charge < -0.3 is 4.74 Å². The van der Waals surface area contributed by atoms with Gasteiger partial charge in [-0.15, -0.1) is 0 Å². The van der Waals surface area contributed by atoms with Gasteiger partial charge in [0, 0.05) is 18.0 Å². The number of hydrogen-bond donors (Lipinski definition) is 0. The molecule has 0 saturated heterocycles. The highest BCUT2D eigenvalue weighted by Gasteiger charge is 2.20. The maximum Gasteiger partial charge on any atom is 0.305 e. The smallest absolute Gasteiger partial charge is 0.305 e.